The zero-order valence-electron chi connectivity index (χ0n) is 10.3. The number of pyridine rings is 1. The minimum atomic E-state index is -0.678. The van der Waals surface area contributed by atoms with Gasteiger partial charge < -0.3 is 10.1 Å². The molecular formula is C13H16N2O3. The van der Waals surface area contributed by atoms with E-state index < -0.39 is 17.9 Å². The largest absolute Gasteiger partial charge is 0.467 e. The molecule has 0 saturated heterocycles. The molecular weight excluding hydrogens is 232 g/mol. The molecule has 1 rings (SSSR count). The molecule has 0 aliphatic heterocycles. The molecule has 0 unspecified atom stereocenters. The molecule has 5 heteroatoms. The van der Waals surface area contributed by atoms with Gasteiger partial charge in [0, 0.05) is 6.20 Å². The third kappa shape index (κ3) is 4.01. The lowest BCUT2D eigenvalue weighted by molar-refractivity contribution is -0.143. The van der Waals surface area contributed by atoms with Gasteiger partial charge >= 0.3 is 5.97 Å². The van der Waals surface area contributed by atoms with E-state index in [0.29, 0.717) is 12.8 Å². The van der Waals surface area contributed by atoms with E-state index >= 15 is 0 Å². The number of ether oxygens (including phenoxy) is 1. The average Bonchev–Trinajstić information content (AvgIpc) is 2.43. The first-order valence-electron chi connectivity index (χ1n) is 5.59. The van der Waals surface area contributed by atoms with Crippen LogP contribution in [0.5, 0.6) is 0 Å². The number of hydrogen-bond donors (Lipinski definition) is 1. The normalized spacial score (nSPS) is 11.4. The van der Waals surface area contributed by atoms with Crippen molar-refractivity contribution in [1.29, 1.82) is 0 Å². The molecule has 0 saturated carbocycles. The van der Waals surface area contributed by atoms with Gasteiger partial charge in [0.2, 0.25) is 0 Å². The van der Waals surface area contributed by atoms with Gasteiger partial charge in [-0.25, -0.2) is 4.79 Å². The molecule has 0 aliphatic rings. The van der Waals surface area contributed by atoms with E-state index in [4.69, 9.17) is 0 Å². The number of amides is 1. The molecule has 1 aromatic rings. The van der Waals surface area contributed by atoms with Crippen molar-refractivity contribution in [3.63, 3.8) is 0 Å². The highest BCUT2D eigenvalue weighted by molar-refractivity contribution is 5.95. The van der Waals surface area contributed by atoms with Gasteiger partial charge in [-0.3, -0.25) is 9.78 Å². The van der Waals surface area contributed by atoms with Crippen LogP contribution < -0.4 is 5.32 Å². The number of nitrogens with zero attached hydrogens (tertiary/aromatic N) is 1. The van der Waals surface area contributed by atoms with E-state index in [1.54, 1.807) is 24.3 Å². The average molecular weight is 248 g/mol. The van der Waals surface area contributed by atoms with Gasteiger partial charge in [-0.05, 0) is 25.0 Å². The zero-order chi connectivity index (χ0) is 13.4. The highest BCUT2D eigenvalue weighted by Crippen LogP contribution is 2.02. The van der Waals surface area contributed by atoms with E-state index in [2.05, 4.69) is 21.6 Å². The Morgan fingerprint density at radius 2 is 2.33 bits per heavy atom. The fraction of sp³-hybridized carbons (Fsp3) is 0.308. The Balaban J connectivity index is 2.68. The van der Waals surface area contributed by atoms with Crippen molar-refractivity contribution in [2.75, 3.05) is 7.11 Å². The first-order valence-corrected chi connectivity index (χ1v) is 5.59. The van der Waals surface area contributed by atoms with Crippen molar-refractivity contribution in [3.8, 4) is 0 Å². The topological polar surface area (TPSA) is 68.3 Å². The van der Waals surface area contributed by atoms with Crippen LogP contribution in [0.15, 0.2) is 37.1 Å². The van der Waals surface area contributed by atoms with E-state index in [1.165, 1.54) is 13.3 Å². The van der Waals surface area contributed by atoms with Crippen molar-refractivity contribution < 1.29 is 14.3 Å². The molecule has 96 valence electrons. The molecule has 0 fully saturated rings. The number of allylic oxidation sites excluding steroid dienone is 1. The molecule has 0 radical (unpaired) electrons. The number of carbonyl (C=O) groups excluding carboxylic acids is 2. The number of methoxy groups -OCH3 is 1. The van der Waals surface area contributed by atoms with Crippen molar-refractivity contribution in [1.82, 2.24) is 10.3 Å². The number of aromatic nitrogens is 1. The van der Waals surface area contributed by atoms with Gasteiger partial charge in [0.15, 0.2) is 0 Å². The third-order valence-corrected chi connectivity index (χ3v) is 2.35. The van der Waals surface area contributed by atoms with Crippen LogP contribution in [0.25, 0.3) is 0 Å². The SMILES string of the molecule is C=CCC[C@H](NC(=O)c1ccccn1)C(=O)OC. The lowest BCUT2D eigenvalue weighted by atomic mass is 10.1. The maximum Gasteiger partial charge on any atom is 0.328 e. The number of hydrogen-bond acceptors (Lipinski definition) is 4. The molecule has 1 amide bonds. The van der Waals surface area contributed by atoms with Crippen LogP contribution in [-0.2, 0) is 9.53 Å². The van der Waals surface area contributed by atoms with Gasteiger partial charge in [0.25, 0.3) is 5.91 Å². The minimum Gasteiger partial charge on any atom is -0.467 e. The van der Waals surface area contributed by atoms with Crippen LogP contribution in [0.2, 0.25) is 0 Å². The van der Waals surface area contributed by atoms with Crippen LogP contribution in [0.4, 0.5) is 0 Å². The standard InChI is InChI=1S/C13H16N2O3/c1-3-4-7-11(13(17)18-2)15-12(16)10-8-5-6-9-14-10/h3,5-6,8-9,11H,1,4,7H2,2H3,(H,15,16)/t11-/m0/s1. The van der Waals surface area contributed by atoms with E-state index in [-0.39, 0.29) is 5.69 Å². The molecule has 1 aromatic heterocycles. The summed E-state index contributed by atoms with van der Waals surface area (Å²) in [6.07, 6.45) is 4.27. The van der Waals surface area contributed by atoms with Gasteiger partial charge in [-0.2, -0.15) is 0 Å². The van der Waals surface area contributed by atoms with Crippen molar-refractivity contribution in [2.24, 2.45) is 0 Å². The van der Waals surface area contributed by atoms with Crippen LogP contribution >= 0.6 is 0 Å². The Morgan fingerprint density at radius 1 is 1.56 bits per heavy atom. The highest BCUT2D eigenvalue weighted by Gasteiger charge is 2.21. The predicted molar refractivity (Wildman–Crippen MR) is 66.9 cm³/mol. The number of rotatable bonds is 6. The third-order valence-electron chi connectivity index (χ3n) is 2.35. The van der Waals surface area contributed by atoms with Crippen LogP contribution in [-0.4, -0.2) is 30.0 Å². The summed E-state index contributed by atoms with van der Waals surface area (Å²) >= 11 is 0. The monoisotopic (exact) mass is 248 g/mol. The minimum absolute atomic E-state index is 0.269. The summed E-state index contributed by atoms with van der Waals surface area (Å²) in [6.45, 7) is 3.58. The Labute approximate surface area is 106 Å². The summed E-state index contributed by atoms with van der Waals surface area (Å²) < 4.78 is 4.64. The first-order chi connectivity index (χ1) is 8.69. The molecule has 0 spiro atoms. The second kappa shape index (κ2) is 7.21. The fourth-order valence-electron chi connectivity index (χ4n) is 1.40. The lowest BCUT2D eigenvalue weighted by Crippen LogP contribution is -2.41. The smallest absolute Gasteiger partial charge is 0.328 e. The molecule has 1 heterocycles. The van der Waals surface area contributed by atoms with E-state index in [9.17, 15) is 9.59 Å². The van der Waals surface area contributed by atoms with E-state index in [0.717, 1.165) is 0 Å². The molecule has 1 N–H and O–H groups in total. The molecule has 0 aliphatic carbocycles. The number of nitrogens with one attached hydrogen (secondary N) is 1. The summed E-state index contributed by atoms with van der Waals surface area (Å²) in [6, 6.07) is 4.32. The summed E-state index contributed by atoms with van der Waals surface area (Å²) in [7, 11) is 1.29. The second-order valence-electron chi connectivity index (χ2n) is 3.63. The van der Waals surface area contributed by atoms with Crippen LogP contribution in [0, 0.1) is 0 Å². The van der Waals surface area contributed by atoms with E-state index in [1.807, 2.05) is 0 Å². The van der Waals surface area contributed by atoms with Gasteiger partial charge in [-0.15, -0.1) is 6.58 Å². The summed E-state index contributed by atoms with van der Waals surface area (Å²) in [5, 5.41) is 2.60. The molecule has 5 nitrogen and oxygen atoms in total. The molecule has 18 heavy (non-hydrogen) atoms. The van der Waals surface area contributed by atoms with Crippen molar-refractivity contribution >= 4 is 11.9 Å². The van der Waals surface area contributed by atoms with Crippen LogP contribution in [0.1, 0.15) is 23.3 Å². The lowest BCUT2D eigenvalue weighted by Gasteiger charge is -2.15. The maximum absolute atomic E-state index is 11.8. The Bertz CT molecular complexity index is 418. The summed E-state index contributed by atoms with van der Waals surface area (Å²) in [5.41, 5.74) is 0.269. The maximum atomic E-state index is 11.8. The number of carbonyl (C=O) groups is 2. The number of esters is 1. The summed E-state index contributed by atoms with van der Waals surface area (Å²) in [4.78, 5) is 27.2. The highest BCUT2D eigenvalue weighted by atomic mass is 16.5. The molecule has 0 aromatic carbocycles. The van der Waals surface area contributed by atoms with Crippen molar-refractivity contribution in [3.05, 3.63) is 42.7 Å². The quantitative estimate of drug-likeness (QED) is 0.609. The van der Waals surface area contributed by atoms with Crippen molar-refractivity contribution in [2.45, 2.75) is 18.9 Å². The Kier molecular flexibility index (Phi) is 5.57. The Morgan fingerprint density at radius 3 is 2.89 bits per heavy atom. The van der Waals surface area contributed by atoms with Gasteiger partial charge in [0.05, 0.1) is 7.11 Å². The van der Waals surface area contributed by atoms with Crippen LogP contribution in [0.3, 0.4) is 0 Å². The first kappa shape index (κ1) is 13.9. The predicted octanol–water partition coefficient (Wildman–Crippen LogP) is 1.32. The summed E-state index contributed by atoms with van der Waals surface area (Å²) in [5.74, 6) is -0.865. The van der Waals surface area contributed by atoms with Gasteiger partial charge in [-0.1, -0.05) is 12.1 Å². The zero-order valence-corrected chi connectivity index (χ0v) is 10.3. The molecule has 1 atom stereocenters. The second-order valence-corrected chi connectivity index (χ2v) is 3.63. The Hall–Kier alpha value is -2.17. The molecule has 0 bridgehead atoms. The van der Waals surface area contributed by atoms with Gasteiger partial charge in [0.1, 0.15) is 11.7 Å². The fourth-order valence-corrected chi connectivity index (χ4v) is 1.40.